The lowest BCUT2D eigenvalue weighted by atomic mass is 9.59. The summed E-state index contributed by atoms with van der Waals surface area (Å²) in [4.78, 5) is 34.9. The van der Waals surface area contributed by atoms with Gasteiger partial charge in [-0.1, -0.05) is 0 Å². The molecule has 0 radical (unpaired) electrons. The molecule has 2 amide bonds. The summed E-state index contributed by atoms with van der Waals surface area (Å²) in [5.41, 5.74) is 1.22. The van der Waals surface area contributed by atoms with Crippen molar-refractivity contribution >= 4 is 11.8 Å². The first-order valence-electron chi connectivity index (χ1n) is 9.06. The molecule has 0 aromatic carbocycles. The number of hydrogen-bond acceptors (Lipinski definition) is 4. The summed E-state index contributed by atoms with van der Waals surface area (Å²) in [6.45, 7) is 1.40. The Morgan fingerprint density at radius 3 is 2.62 bits per heavy atom. The maximum absolute atomic E-state index is 12.5. The maximum atomic E-state index is 12.5. The van der Waals surface area contributed by atoms with Crippen molar-refractivity contribution in [2.75, 3.05) is 13.1 Å². The minimum atomic E-state index is -0.0582. The fourth-order valence-electron chi connectivity index (χ4n) is 4.13. The van der Waals surface area contributed by atoms with Crippen LogP contribution in [0.3, 0.4) is 0 Å². The Kier molecular flexibility index (Phi) is 4.22. The zero-order valence-corrected chi connectivity index (χ0v) is 14.9. The highest BCUT2D eigenvalue weighted by molar-refractivity contribution is 5.94. The van der Waals surface area contributed by atoms with Gasteiger partial charge in [-0.05, 0) is 37.2 Å². The second kappa shape index (κ2) is 6.55. The van der Waals surface area contributed by atoms with Gasteiger partial charge in [-0.15, -0.1) is 0 Å². The van der Waals surface area contributed by atoms with E-state index in [1.54, 1.807) is 12.4 Å². The van der Waals surface area contributed by atoms with Gasteiger partial charge < -0.3 is 14.8 Å². The van der Waals surface area contributed by atoms with Gasteiger partial charge in [-0.3, -0.25) is 14.6 Å². The molecule has 0 unspecified atom stereocenters. The smallest absolute Gasteiger partial charge is 0.274 e. The lowest BCUT2D eigenvalue weighted by Crippen LogP contribution is -2.59. The number of carbonyl (C=O) groups is 2. The van der Waals surface area contributed by atoms with Gasteiger partial charge in [-0.2, -0.15) is 0 Å². The summed E-state index contributed by atoms with van der Waals surface area (Å²) in [7, 11) is 1.91. The molecule has 1 atom stereocenters. The van der Waals surface area contributed by atoms with E-state index >= 15 is 0 Å². The second-order valence-corrected chi connectivity index (χ2v) is 7.38. The first kappa shape index (κ1) is 16.8. The van der Waals surface area contributed by atoms with Crippen molar-refractivity contribution in [3.05, 3.63) is 48.3 Å². The number of hydrogen-bond donors (Lipinski definition) is 1. The average molecular weight is 353 g/mol. The molecule has 26 heavy (non-hydrogen) atoms. The van der Waals surface area contributed by atoms with Crippen molar-refractivity contribution in [3.63, 3.8) is 0 Å². The highest BCUT2D eigenvalue weighted by Gasteiger charge is 2.49. The minimum absolute atomic E-state index is 0.00672. The largest absolute Gasteiger partial charge is 0.356 e. The van der Waals surface area contributed by atoms with Crippen LogP contribution in [0, 0.1) is 5.41 Å². The van der Waals surface area contributed by atoms with E-state index in [-0.39, 0.29) is 23.3 Å². The standard InChI is InChI=1S/C19H23N5O2/c1-23-9-3-14(13-23)17(25)22-16-2-4-19(16)5-10-24(11-6-19)18(26)15-12-20-7-8-21-15/h3,7-9,12-13,16H,2,4-6,10-11H2,1H3,(H,22,25)/t16-/m0/s1. The SMILES string of the molecule is Cn1ccc(C(=O)N[C@H]2CCC23CCN(C(=O)c2cnccn2)CC3)c1. The van der Waals surface area contributed by atoms with Crippen LogP contribution in [0.1, 0.15) is 46.5 Å². The van der Waals surface area contributed by atoms with E-state index in [1.807, 2.05) is 35.0 Å². The Hall–Kier alpha value is -2.70. The van der Waals surface area contributed by atoms with Crippen LogP contribution in [0.2, 0.25) is 0 Å². The van der Waals surface area contributed by atoms with Gasteiger partial charge in [0.05, 0.1) is 11.8 Å². The molecule has 1 saturated carbocycles. The van der Waals surface area contributed by atoms with Gasteiger partial charge in [0.2, 0.25) is 0 Å². The second-order valence-electron chi connectivity index (χ2n) is 7.38. The number of amides is 2. The Morgan fingerprint density at radius 2 is 2.04 bits per heavy atom. The fourth-order valence-corrected chi connectivity index (χ4v) is 4.13. The number of rotatable bonds is 3. The molecule has 136 valence electrons. The van der Waals surface area contributed by atoms with Crippen LogP contribution in [0.5, 0.6) is 0 Å². The van der Waals surface area contributed by atoms with E-state index in [4.69, 9.17) is 0 Å². The van der Waals surface area contributed by atoms with Crippen molar-refractivity contribution in [1.82, 2.24) is 24.8 Å². The van der Waals surface area contributed by atoms with E-state index in [0.29, 0.717) is 24.3 Å². The summed E-state index contributed by atoms with van der Waals surface area (Å²) >= 11 is 0. The van der Waals surface area contributed by atoms with E-state index in [2.05, 4.69) is 15.3 Å². The highest BCUT2D eigenvalue weighted by atomic mass is 16.2. The van der Waals surface area contributed by atoms with Crippen LogP contribution in [0.4, 0.5) is 0 Å². The molecular formula is C19H23N5O2. The maximum Gasteiger partial charge on any atom is 0.274 e. The average Bonchev–Trinajstić information content (AvgIpc) is 3.12. The number of piperidine rings is 1. The number of nitrogens with one attached hydrogen (secondary N) is 1. The third-order valence-electron chi connectivity index (χ3n) is 5.90. The van der Waals surface area contributed by atoms with Gasteiger partial charge in [0.1, 0.15) is 5.69 Å². The van der Waals surface area contributed by atoms with Crippen LogP contribution in [0.25, 0.3) is 0 Å². The summed E-state index contributed by atoms with van der Waals surface area (Å²) < 4.78 is 1.88. The van der Waals surface area contributed by atoms with Crippen LogP contribution in [0.15, 0.2) is 37.1 Å². The molecule has 7 nitrogen and oxygen atoms in total. The molecule has 1 N–H and O–H groups in total. The predicted octanol–water partition coefficient (Wildman–Crippen LogP) is 1.63. The first-order valence-corrected chi connectivity index (χ1v) is 9.06. The molecule has 2 fully saturated rings. The van der Waals surface area contributed by atoms with Crippen molar-refractivity contribution in [2.24, 2.45) is 12.5 Å². The monoisotopic (exact) mass is 353 g/mol. The molecule has 1 aliphatic heterocycles. The molecule has 4 rings (SSSR count). The van der Waals surface area contributed by atoms with Crippen LogP contribution >= 0.6 is 0 Å². The van der Waals surface area contributed by atoms with Crippen molar-refractivity contribution in [2.45, 2.75) is 31.7 Å². The number of aryl methyl sites for hydroxylation is 1. The first-order chi connectivity index (χ1) is 12.6. The molecule has 7 heteroatoms. The van der Waals surface area contributed by atoms with Crippen LogP contribution in [-0.2, 0) is 7.05 Å². The highest BCUT2D eigenvalue weighted by Crippen LogP contribution is 2.49. The molecule has 2 aromatic rings. The number of aromatic nitrogens is 3. The van der Waals surface area contributed by atoms with Gasteiger partial charge in [0.25, 0.3) is 11.8 Å². The Morgan fingerprint density at radius 1 is 1.23 bits per heavy atom. The molecule has 2 aromatic heterocycles. The Balaban J connectivity index is 1.36. The zero-order valence-electron chi connectivity index (χ0n) is 14.9. The summed E-state index contributed by atoms with van der Waals surface area (Å²) in [5, 5.41) is 3.20. The quantitative estimate of drug-likeness (QED) is 0.909. The van der Waals surface area contributed by atoms with E-state index in [9.17, 15) is 9.59 Å². The number of likely N-dealkylation sites (tertiary alicyclic amines) is 1. The Labute approximate surface area is 152 Å². The van der Waals surface area contributed by atoms with E-state index < -0.39 is 0 Å². The van der Waals surface area contributed by atoms with E-state index in [1.165, 1.54) is 6.20 Å². The fraction of sp³-hybridized carbons (Fsp3) is 0.474. The molecule has 3 heterocycles. The van der Waals surface area contributed by atoms with Gasteiger partial charge >= 0.3 is 0 Å². The minimum Gasteiger partial charge on any atom is -0.356 e. The third kappa shape index (κ3) is 2.98. The number of nitrogens with zero attached hydrogens (tertiary/aromatic N) is 4. The van der Waals surface area contributed by atoms with Crippen molar-refractivity contribution < 1.29 is 9.59 Å². The van der Waals surface area contributed by atoms with Gasteiger partial charge in [-0.25, -0.2) is 4.98 Å². The zero-order chi connectivity index (χ0) is 18.1. The summed E-state index contributed by atoms with van der Waals surface area (Å²) in [6.07, 6.45) is 12.3. The van der Waals surface area contributed by atoms with Gasteiger partial charge in [0, 0.05) is 51.0 Å². The normalized spacial score (nSPS) is 21.3. The molecule has 2 aliphatic rings. The molecule has 0 bridgehead atoms. The molecule has 1 spiro atoms. The summed E-state index contributed by atoms with van der Waals surface area (Å²) in [5.74, 6) is -0.0649. The van der Waals surface area contributed by atoms with Crippen molar-refractivity contribution in [3.8, 4) is 0 Å². The molecular weight excluding hydrogens is 330 g/mol. The van der Waals surface area contributed by atoms with Crippen LogP contribution in [-0.4, -0.2) is 50.4 Å². The van der Waals surface area contributed by atoms with Crippen LogP contribution < -0.4 is 5.32 Å². The lowest BCUT2D eigenvalue weighted by Gasteiger charge is -2.54. The van der Waals surface area contributed by atoms with Gasteiger partial charge in [0.15, 0.2) is 0 Å². The predicted molar refractivity (Wildman–Crippen MR) is 95.5 cm³/mol. The summed E-state index contributed by atoms with van der Waals surface area (Å²) in [6, 6.07) is 2.03. The molecule has 1 saturated heterocycles. The topological polar surface area (TPSA) is 80.1 Å². The van der Waals surface area contributed by atoms with E-state index in [0.717, 1.165) is 25.7 Å². The third-order valence-corrected chi connectivity index (χ3v) is 5.90. The molecule has 1 aliphatic carbocycles. The lowest BCUT2D eigenvalue weighted by molar-refractivity contribution is -0.00249. The number of carbonyl (C=O) groups excluding carboxylic acids is 2. The van der Waals surface area contributed by atoms with Crippen molar-refractivity contribution in [1.29, 1.82) is 0 Å². The Bertz CT molecular complexity index is 808.